The Labute approximate surface area is 119 Å². The van der Waals surface area contributed by atoms with Crippen LogP contribution in [0, 0.1) is 0 Å². The minimum atomic E-state index is 1.07. The predicted molar refractivity (Wildman–Crippen MR) is 84.7 cm³/mol. The second-order valence-electron chi connectivity index (χ2n) is 4.30. The van der Waals surface area contributed by atoms with E-state index in [9.17, 15) is 0 Å². The molecule has 2 aromatic rings. The highest BCUT2D eigenvalue weighted by atomic mass is 32.2. The van der Waals surface area contributed by atoms with Crippen LogP contribution >= 0.6 is 11.8 Å². The number of anilines is 2. The molecule has 0 amide bonds. The second kappa shape index (κ2) is 6.64. The van der Waals surface area contributed by atoms with Gasteiger partial charge in [0, 0.05) is 16.8 Å². The summed E-state index contributed by atoms with van der Waals surface area (Å²) in [6.07, 6.45) is 0. The molecule has 1 aliphatic heterocycles. The number of fused-ring (bicyclic) bond motifs is 2. The summed E-state index contributed by atoms with van der Waals surface area (Å²) >= 11 is 1.84. The van der Waals surface area contributed by atoms with Crippen molar-refractivity contribution in [3.05, 3.63) is 48.5 Å². The SMILES string of the molecule is CCNC.CN1c2ccccc2Sc2ccccc21. The van der Waals surface area contributed by atoms with Crippen molar-refractivity contribution in [3.63, 3.8) is 0 Å². The van der Waals surface area contributed by atoms with Crippen molar-refractivity contribution < 1.29 is 0 Å². The number of rotatable bonds is 1. The van der Waals surface area contributed by atoms with Gasteiger partial charge in [-0.1, -0.05) is 43.0 Å². The largest absolute Gasteiger partial charge is 0.343 e. The standard InChI is InChI=1S/C13H11NS.C3H9N/c1-14-10-6-2-4-8-12(10)15-13-9-5-3-7-11(13)14;1-3-4-2/h2-9H,1H3;4H,3H2,1-2H3. The van der Waals surface area contributed by atoms with Crippen molar-refractivity contribution in [1.29, 1.82) is 0 Å². The molecule has 19 heavy (non-hydrogen) atoms. The van der Waals surface area contributed by atoms with Gasteiger partial charge in [0.1, 0.15) is 0 Å². The van der Waals surface area contributed by atoms with E-state index in [1.165, 1.54) is 21.2 Å². The Kier molecular flexibility index (Phi) is 4.88. The summed E-state index contributed by atoms with van der Waals surface area (Å²) < 4.78 is 0. The first-order valence-electron chi connectivity index (χ1n) is 6.52. The topological polar surface area (TPSA) is 15.3 Å². The molecule has 100 valence electrons. The van der Waals surface area contributed by atoms with Gasteiger partial charge in [-0.2, -0.15) is 0 Å². The van der Waals surface area contributed by atoms with E-state index in [1.807, 2.05) is 18.8 Å². The van der Waals surface area contributed by atoms with E-state index in [1.54, 1.807) is 0 Å². The summed E-state index contributed by atoms with van der Waals surface area (Å²) in [5, 5.41) is 2.93. The quantitative estimate of drug-likeness (QED) is 0.839. The van der Waals surface area contributed by atoms with Crippen molar-refractivity contribution in [2.24, 2.45) is 0 Å². The zero-order valence-electron chi connectivity index (χ0n) is 11.7. The molecule has 0 atom stereocenters. The maximum atomic E-state index is 2.93. The molecule has 2 nitrogen and oxygen atoms in total. The normalized spacial score (nSPS) is 12.1. The number of nitrogens with one attached hydrogen (secondary N) is 1. The van der Waals surface area contributed by atoms with E-state index in [0.29, 0.717) is 0 Å². The fourth-order valence-electron chi connectivity index (χ4n) is 1.89. The zero-order chi connectivity index (χ0) is 13.7. The highest BCUT2D eigenvalue weighted by Crippen LogP contribution is 2.46. The number of nitrogens with zero attached hydrogens (tertiary/aromatic N) is 1. The highest BCUT2D eigenvalue weighted by molar-refractivity contribution is 7.99. The van der Waals surface area contributed by atoms with Crippen LogP contribution in [0.3, 0.4) is 0 Å². The Morgan fingerprint density at radius 3 is 1.79 bits per heavy atom. The Morgan fingerprint density at radius 2 is 1.37 bits per heavy atom. The number of benzene rings is 2. The molecule has 0 saturated carbocycles. The molecule has 0 aliphatic carbocycles. The lowest BCUT2D eigenvalue weighted by atomic mass is 10.2. The molecule has 1 N–H and O–H groups in total. The van der Waals surface area contributed by atoms with Crippen molar-refractivity contribution in [2.45, 2.75) is 16.7 Å². The van der Waals surface area contributed by atoms with Gasteiger partial charge in [-0.15, -0.1) is 0 Å². The molecule has 2 aromatic carbocycles. The second-order valence-corrected chi connectivity index (χ2v) is 5.39. The molecule has 0 fully saturated rings. The van der Waals surface area contributed by atoms with Gasteiger partial charge in [0.15, 0.2) is 0 Å². The third-order valence-corrected chi connectivity index (χ3v) is 4.16. The van der Waals surface area contributed by atoms with Crippen LogP contribution in [-0.4, -0.2) is 20.6 Å². The van der Waals surface area contributed by atoms with Crippen molar-refractivity contribution in [1.82, 2.24) is 5.32 Å². The predicted octanol–water partition coefficient (Wildman–Crippen LogP) is 4.14. The van der Waals surface area contributed by atoms with E-state index in [-0.39, 0.29) is 0 Å². The van der Waals surface area contributed by atoms with Crippen molar-refractivity contribution >= 4 is 23.1 Å². The molecule has 1 heterocycles. The Hall–Kier alpha value is -1.45. The van der Waals surface area contributed by atoms with Crippen LogP contribution < -0.4 is 10.2 Å². The molecule has 0 aromatic heterocycles. The van der Waals surface area contributed by atoms with Crippen LogP contribution in [0.4, 0.5) is 11.4 Å². The minimum absolute atomic E-state index is 1.07. The van der Waals surface area contributed by atoms with Gasteiger partial charge in [0.2, 0.25) is 0 Å². The van der Waals surface area contributed by atoms with E-state index >= 15 is 0 Å². The maximum Gasteiger partial charge on any atom is 0.0550 e. The lowest BCUT2D eigenvalue weighted by Gasteiger charge is -2.29. The lowest BCUT2D eigenvalue weighted by Crippen LogP contribution is -2.14. The van der Waals surface area contributed by atoms with E-state index in [2.05, 4.69) is 72.7 Å². The van der Waals surface area contributed by atoms with Crippen molar-refractivity contribution in [2.75, 3.05) is 25.5 Å². The monoisotopic (exact) mass is 272 g/mol. The van der Waals surface area contributed by atoms with E-state index in [4.69, 9.17) is 0 Å². The van der Waals surface area contributed by atoms with Gasteiger partial charge in [-0.25, -0.2) is 0 Å². The van der Waals surface area contributed by atoms with Crippen LogP contribution in [0.15, 0.2) is 58.3 Å². The van der Waals surface area contributed by atoms with Gasteiger partial charge in [-0.05, 0) is 37.9 Å². The molecule has 0 spiro atoms. The molecular weight excluding hydrogens is 252 g/mol. The van der Waals surface area contributed by atoms with Crippen LogP contribution in [0.2, 0.25) is 0 Å². The fraction of sp³-hybridized carbons (Fsp3) is 0.250. The molecule has 0 bridgehead atoms. The Balaban J connectivity index is 0.000000297. The Bertz CT molecular complexity index is 492. The molecule has 0 saturated heterocycles. The minimum Gasteiger partial charge on any atom is -0.343 e. The van der Waals surface area contributed by atoms with E-state index < -0.39 is 0 Å². The fourth-order valence-corrected chi connectivity index (χ4v) is 3.04. The average Bonchev–Trinajstić information content (AvgIpc) is 2.48. The number of hydrogen-bond acceptors (Lipinski definition) is 3. The summed E-state index contributed by atoms with van der Waals surface area (Å²) in [7, 11) is 4.05. The molecule has 0 unspecified atom stereocenters. The van der Waals surface area contributed by atoms with Gasteiger partial charge in [0.05, 0.1) is 11.4 Å². The third kappa shape index (κ3) is 3.11. The first kappa shape index (κ1) is 14.0. The van der Waals surface area contributed by atoms with Crippen LogP contribution in [-0.2, 0) is 0 Å². The van der Waals surface area contributed by atoms with Gasteiger partial charge >= 0.3 is 0 Å². The first-order chi connectivity index (χ1) is 9.27. The number of para-hydroxylation sites is 2. The highest BCUT2D eigenvalue weighted by Gasteiger charge is 2.18. The van der Waals surface area contributed by atoms with Gasteiger partial charge < -0.3 is 10.2 Å². The van der Waals surface area contributed by atoms with Crippen LogP contribution in [0.5, 0.6) is 0 Å². The van der Waals surface area contributed by atoms with E-state index in [0.717, 1.165) is 6.54 Å². The summed E-state index contributed by atoms with van der Waals surface area (Å²) in [5.41, 5.74) is 2.59. The Morgan fingerprint density at radius 1 is 0.947 bits per heavy atom. The average molecular weight is 272 g/mol. The third-order valence-electron chi connectivity index (χ3n) is 3.03. The first-order valence-corrected chi connectivity index (χ1v) is 7.33. The zero-order valence-corrected chi connectivity index (χ0v) is 12.5. The van der Waals surface area contributed by atoms with Crippen LogP contribution in [0.25, 0.3) is 0 Å². The summed E-state index contributed by atoms with van der Waals surface area (Å²) in [6, 6.07) is 17.0. The smallest absolute Gasteiger partial charge is 0.0550 e. The molecule has 3 heteroatoms. The number of hydrogen-bond donors (Lipinski definition) is 1. The van der Waals surface area contributed by atoms with Crippen LogP contribution in [0.1, 0.15) is 6.92 Å². The lowest BCUT2D eigenvalue weighted by molar-refractivity contribution is 0.864. The van der Waals surface area contributed by atoms with Gasteiger partial charge in [0.25, 0.3) is 0 Å². The van der Waals surface area contributed by atoms with Gasteiger partial charge in [-0.3, -0.25) is 0 Å². The summed E-state index contributed by atoms with van der Waals surface area (Å²) in [6.45, 7) is 3.14. The van der Waals surface area contributed by atoms with Crippen molar-refractivity contribution in [3.8, 4) is 0 Å². The maximum absolute atomic E-state index is 2.93. The molecular formula is C16H20N2S. The molecule has 0 radical (unpaired) electrons. The summed E-state index contributed by atoms with van der Waals surface area (Å²) in [4.78, 5) is 4.92. The summed E-state index contributed by atoms with van der Waals surface area (Å²) in [5.74, 6) is 0. The molecule has 3 rings (SSSR count). The molecule has 1 aliphatic rings.